The molecule has 0 bridgehead atoms. The minimum absolute atomic E-state index is 0.101. The largest absolute Gasteiger partial charge is 0.482 e. The van der Waals surface area contributed by atoms with Gasteiger partial charge in [0.05, 0.1) is 0 Å². The van der Waals surface area contributed by atoms with Crippen LogP contribution in [-0.2, 0) is 14.9 Å². The number of ether oxygens (including phenoxy) is 3. The van der Waals surface area contributed by atoms with Gasteiger partial charge in [-0.25, -0.2) is 9.59 Å². The van der Waals surface area contributed by atoms with Crippen molar-refractivity contribution in [3.63, 3.8) is 0 Å². The minimum atomic E-state index is -0.780. The van der Waals surface area contributed by atoms with Crippen LogP contribution in [-0.4, -0.2) is 38.7 Å². The molecule has 3 aromatic carbocycles. The van der Waals surface area contributed by atoms with E-state index in [1.807, 2.05) is 42.5 Å². The number of nitrogens with one attached hydrogen (secondary N) is 1. The Morgan fingerprint density at radius 1 is 0.897 bits per heavy atom. The molecule has 202 valence electrons. The van der Waals surface area contributed by atoms with E-state index >= 15 is 0 Å². The van der Waals surface area contributed by atoms with Gasteiger partial charge in [-0.15, -0.1) is 0 Å². The Hall–Kier alpha value is -4.43. The lowest BCUT2D eigenvalue weighted by Gasteiger charge is -2.26. The summed E-state index contributed by atoms with van der Waals surface area (Å²) in [5.74, 6) is -0.406. The van der Waals surface area contributed by atoms with Gasteiger partial charge < -0.3 is 23.9 Å². The summed E-state index contributed by atoms with van der Waals surface area (Å²) in [6, 6.07) is 23.9. The van der Waals surface area contributed by atoms with E-state index < -0.39 is 17.5 Å². The van der Waals surface area contributed by atoms with Gasteiger partial charge in [-0.3, -0.25) is 4.79 Å². The molecule has 8 heteroatoms. The predicted molar refractivity (Wildman–Crippen MR) is 147 cm³/mol. The van der Waals surface area contributed by atoms with Gasteiger partial charge in [0.1, 0.15) is 22.6 Å². The standard InChI is InChI=1S/C31H31NO7/c1-31(2,22-8-5-4-6-9-22)23-11-14-24(15-12-23)37-20-28(33)38-25-13-10-21-18-26(30(35)39-27(21)19-25)29(34)32-16-7-17-36-3/h4-6,8-15,18-19H,7,16-17,20H2,1-3H3,(H,32,34). The van der Waals surface area contributed by atoms with Crippen LogP contribution in [0.5, 0.6) is 11.5 Å². The summed E-state index contributed by atoms with van der Waals surface area (Å²) >= 11 is 0. The third kappa shape index (κ3) is 6.91. The van der Waals surface area contributed by atoms with Crippen molar-refractivity contribution in [2.75, 3.05) is 26.9 Å². The fraction of sp³-hybridized carbons (Fsp3) is 0.258. The molecule has 0 radical (unpaired) electrons. The fourth-order valence-electron chi connectivity index (χ4n) is 4.12. The molecule has 8 nitrogen and oxygen atoms in total. The van der Waals surface area contributed by atoms with Gasteiger partial charge in [-0.1, -0.05) is 56.3 Å². The van der Waals surface area contributed by atoms with E-state index in [2.05, 4.69) is 31.3 Å². The van der Waals surface area contributed by atoms with E-state index in [0.29, 0.717) is 30.7 Å². The van der Waals surface area contributed by atoms with Gasteiger partial charge in [-0.05, 0) is 47.9 Å². The Labute approximate surface area is 226 Å². The second kappa shape index (κ2) is 12.4. The van der Waals surface area contributed by atoms with Crippen molar-refractivity contribution in [1.82, 2.24) is 5.32 Å². The molecule has 39 heavy (non-hydrogen) atoms. The van der Waals surface area contributed by atoms with Gasteiger partial charge in [0.15, 0.2) is 6.61 Å². The molecular weight excluding hydrogens is 498 g/mol. The van der Waals surface area contributed by atoms with Crippen LogP contribution in [0.4, 0.5) is 0 Å². The highest BCUT2D eigenvalue weighted by molar-refractivity contribution is 5.96. The van der Waals surface area contributed by atoms with E-state index in [4.69, 9.17) is 18.6 Å². The molecule has 1 aromatic heterocycles. The molecule has 0 aliphatic rings. The van der Waals surface area contributed by atoms with E-state index in [1.54, 1.807) is 19.2 Å². The summed E-state index contributed by atoms with van der Waals surface area (Å²) in [7, 11) is 1.57. The zero-order valence-electron chi connectivity index (χ0n) is 22.2. The molecule has 0 aliphatic carbocycles. The van der Waals surface area contributed by atoms with Crippen LogP contribution >= 0.6 is 0 Å². The predicted octanol–water partition coefficient (Wildman–Crippen LogP) is 4.87. The Morgan fingerprint density at radius 3 is 2.31 bits per heavy atom. The van der Waals surface area contributed by atoms with Crippen molar-refractivity contribution in [1.29, 1.82) is 0 Å². The average Bonchev–Trinajstić information content (AvgIpc) is 2.94. The van der Waals surface area contributed by atoms with E-state index in [9.17, 15) is 14.4 Å². The minimum Gasteiger partial charge on any atom is -0.482 e. The maximum atomic E-state index is 12.4. The van der Waals surface area contributed by atoms with Crippen molar-refractivity contribution in [3.05, 3.63) is 106 Å². The molecule has 0 fully saturated rings. The second-order valence-corrected chi connectivity index (χ2v) is 9.53. The number of amides is 1. The number of benzene rings is 3. The Kier molecular flexibility index (Phi) is 8.78. The van der Waals surface area contributed by atoms with Crippen LogP contribution < -0.4 is 20.4 Å². The van der Waals surface area contributed by atoms with Gasteiger partial charge in [-0.2, -0.15) is 0 Å². The van der Waals surface area contributed by atoms with Crippen molar-refractivity contribution >= 4 is 22.8 Å². The number of carbonyl (C=O) groups excluding carboxylic acids is 2. The first kappa shape index (κ1) is 27.6. The molecule has 1 heterocycles. The summed E-state index contributed by atoms with van der Waals surface area (Å²) in [6.07, 6.45) is 0.622. The Balaban J connectivity index is 1.35. The number of carbonyl (C=O) groups is 2. The third-order valence-corrected chi connectivity index (χ3v) is 6.42. The number of methoxy groups -OCH3 is 1. The highest BCUT2D eigenvalue weighted by Gasteiger charge is 2.22. The quantitative estimate of drug-likeness (QED) is 0.128. The molecule has 0 unspecified atom stereocenters. The summed E-state index contributed by atoms with van der Waals surface area (Å²) in [6.45, 7) is 4.88. The van der Waals surface area contributed by atoms with Gasteiger partial charge in [0.2, 0.25) is 0 Å². The first-order valence-corrected chi connectivity index (χ1v) is 12.6. The van der Waals surface area contributed by atoms with Gasteiger partial charge in [0.25, 0.3) is 5.91 Å². The number of hydrogen-bond donors (Lipinski definition) is 1. The Morgan fingerprint density at radius 2 is 1.59 bits per heavy atom. The van der Waals surface area contributed by atoms with Crippen LogP contribution in [0.15, 0.2) is 88.1 Å². The maximum absolute atomic E-state index is 12.4. The van der Waals surface area contributed by atoms with Crippen molar-refractivity contribution < 1.29 is 28.2 Å². The van der Waals surface area contributed by atoms with Crippen LogP contribution in [0.3, 0.4) is 0 Å². The summed E-state index contributed by atoms with van der Waals surface area (Å²) < 4.78 is 21.2. The lowest BCUT2D eigenvalue weighted by Crippen LogP contribution is -2.29. The average molecular weight is 530 g/mol. The fourth-order valence-corrected chi connectivity index (χ4v) is 4.12. The highest BCUT2D eigenvalue weighted by Crippen LogP contribution is 2.32. The van der Waals surface area contributed by atoms with Crippen molar-refractivity contribution in [2.24, 2.45) is 0 Å². The molecule has 4 aromatic rings. The molecule has 1 amide bonds. The normalized spacial score (nSPS) is 11.3. The maximum Gasteiger partial charge on any atom is 0.349 e. The molecular formula is C31H31NO7. The summed E-state index contributed by atoms with van der Waals surface area (Å²) in [5, 5.41) is 3.18. The monoisotopic (exact) mass is 529 g/mol. The molecule has 0 aliphatic heterocycles. The van der Waals surface area contributed by atoms with Gasteiger partial charge >= 0.3 is 11.6 Å². The number of fused-ring (bicyclic) bond motifs is 1. The van der Waals surface area contributed by atoms with E-state index in [1.165, 1.54) is 17.7 Å². The molecule has 0 atom stereocenters. The SMILES string of the molecule is COCCCNC(=O)c1cc2ccc(OC(=O)COc3ccc(C(C)(C)c4ccccc4)cc3)cc2oc1=O. The Bertz CT molecular complexity index is 1490. The summed E-state index contributed by atoms with van der Waals surface area (Å²) in [4.78, 5) is 37.0. The van der Waals surface area contributed by atoms with E-state index in [0.717, 1.165) is 5.56 Å². The zero-order chi connectivity index (χ0) is 27.8. The molecule has 4 rings (SSSR count). The lowest BCUT2D eigenvalue weighted by atomic mass is 9.78. The first-order valence-electron chi connectivity index (χ1n) is 12.6. The first-order chi connectivity index (χ1) is 18.8. The number of hydrogen-bond acceptors (Lipinski definition) is 7. The molecule has 0 spiro atoms. The van der Waals surface area contributed by atoms with Crippen molar-refractivity contribution in [3.8, 4) is 11.5 Å². The van der Waals surface area contributed by atoms with E-state index in [-0.39, 0.29) is 28.9 Å². The topological polar surface area (TPSA) is 104 Å². The van der Waals surface area contributed by atoms with Crippen LogP contribution in [0.1, 0.15) is 41.8 Å². The smallest absolute Gasteiger partial charge is 0.349 e. The highest BCUT2D eigenvalue weighted by atomic mass is 16.6. The van der Waals surface area contributed by atoms with Crippen LogP contribution in [0.2, 0.25) is 0 Å². The van der Waals surface area contributed by atoms with Crippen molar-refractivity contribution in [2.45, 2.75) is 25.7 Å². The third-order valence-electron chi connectivity index (χ3n) is 6.42. The van der Waals surface area contributed by atoms with Crippen LogP contribution in [0, 0.1) is 0 Å². The molecule has 1 N–H and O–H groups in total. The zero-order valence-corrected chi connectivity index (χ0v) is 22.2. The number of esters is 1. The molecule has 0 saturated carbocycles. The lowest BCUT2D eigenvalue weighted by molar-refractivity contribution is -0.136. The second-order valence-electron chi connectivity index (χ2n) is 9.53. The summed E-state index contributed by atoms with van der Waals surface area (Å²) in [5.41, 5.74) is 1.45. The van der Waals surface area contributed by atoms with Gasteiger partial charge in [0, 0.05) is 37.1 Å². The number of rotatable bonds is 11. The van der Waals surface area contributed by atoms with Crippen LogP contribution in [0.25, 0.3) is 11.0 Å². The molecule has 0 saturated heterocycles.